The summed E-state index contributed by atoms with van der Waals surface area (Å²) in [5.41, 5.74) is 13.5. The zero-order chi connectivity index (χ0) is 19.4. The van der Waals surface area contributed by atoms with Gasteiger partial charge in [0, 0.05) is 12.6 Å². The number of hydrogen-bond acceptors (Lipinski definition) is 6. The van der Waals surface area contributed by atoms with Crippen molar-refractivity contribution in [3.63, 3.8) is 0 Å². The highest BCUT2D eigenvalue weighted by Gasteiger charge is 2.22. The predicted molar refractivity (Wildman–Crippen MR) is 89.5 cm³/mol. The van der Waals surface area contributed by atoms with E-state index in [-0.39, 0.29) is 13.0 Å². The van der Waals surface area contributed by atoms with E-state index < -0.39 is 18.1 Å². The second-order valence-corrected chi connectivity index (χ2v) is 4.82. The average molecular weight is 362 g/mol. The molecule has 0 fully saturated rings. The summed E-state index contributed by atoms with van der Waals surface area (Å²) >= 11 is 0. The highest BCUT2D eigenvalue weighted by molar-refractivity contribution is 5.80. The number of carboxylic acid groups (broad SMARTS) is 1. The summed E-state index contributed by atoms with van der Waals surface area (Å²) in [6, 6.07) is 5.89. The molecule has 0 saturated heterocycles. The third kappa shape index (κ3) is 7.23. The van der Waals surface area contributed by atoms with Crippen molar-refractivity contribution in [2.45, 2.75) is 19.1 Å². The minimum absolute atomic E-state index is 0.0323. The Labute approximate surface area is 148 Å². The number of rotatable bonds is 7. The lowest BCUT2D eigenvalue weighted by Crippen LogP contribution is -2.42. The number of carbonyl (C=O) groups excluding carboxylic acids is 1. The Balaban J connectivity index is 0.00000105. The SMILES string of the molecule is COc1ccc(COC(=O)N[C@@H](Cc2c[nH]cn2)C(=O)O)cc1.[N-]=[N+]=N. The number of aliphatic carboxylic acids is 1. The van der Waals surface area contributed by atoms with Crippen molar-refractivity contribution in [1.29, 1.82) is 5.53 Å². The van der Waals surface area contributed by atoms with E-state index in [2.05, 4.69) is 15.3 Å². The van der Waals surface area contributed by atoms with Gasteiger partial charge in [-0.25, -0.2) is 14.6 Å². The lowest BCUT2D eigenvalue weighted by atomic mass is 10.2. The van der Waals surface area contributed by atoms with E-state index >= 15 is 0 Å². The summed E-state index contributed by atoms with van der Waals surface area (Å²) in [7, 11) is 1.56. The number of benzene rings is 1. The fourth-order valence-corrected chi connectivity index (χ4v) is 1.87. The Kier molecular flexibility index (Phi) is 8.55. The first kappa shape index (κ1) is 20.3. The van der Waals surface area contributed by atoms with Crippen LogP contribution in [0.3, 0.4) is 0 Å². The Morgan fingerprint density at radius 2 is 2.08 bits per heavy atom. The maximum absolute atomic E-state index is 11.7. The van der Waals surface area contributed by atoms with Gasteiger partial charge in [-0.2, -0.15) is 0 Å². The molecule has 1 aromatic heterocycles. The first-order valence-electron chi connectivity index (χ1n) is 7.27. The zero-order valence-electron chi connectivity index (χ0n) is 13.9. The molecule has 11 nitrogen and oxygen atoms in total. The van der Waals surface area contributed by atoms with Crippen LogP contribution in [-0.4, -0.2) is 40.3 Å². The van der Waals surface area contributed by atoms with E-state index in [1.54, 1.807) is 42.5 Å². The fraction of sp³-hybridized carbons (Fsp3) is 0.267. The molecule has 1 amide bonds. The van der Waals surface area contributed by atoms with E-state index in [0.29, 0.717) is 11.4 Å². The zero-order valence-corrected chi connectivity index (χ0v) is 13.9. The van der Waals surface area contributed by atoms with Crippen LogP contribution in [0.25, 0.3) is 10.4 Å². The number of alkyl carbamates (subject to hydrolysis) is 1. The number of aromatic nitrogens is 2. The van der Waals surface area contributed by atoms with Crippen LogP contribution in [-0.2, 0) is 22.6 Å². The topological polar surface area (TPSA) is 174 Å². The molecule has 1 heterocycles. The summed E-state index contributed by atoms with van der Waals surface area (Å²) in [6.45, 7) is 0.0323. The molecule has 2 rings (SSSR count). The van der Waals surface area contributed by atoms with Crippen molar-refractivity contribution in [1.82, 2.24) is 15.3 Å². The first-order chi connectivity index (χ1) is 12.5. The fourth-order valence-electron chi connectivity index (χ4n) is 1.87. The normalized spacial score (nSPS) is 10.5. The molecule has 1 atom stereocenters. The number of carbonyl (C=O) groups is 2. The van der Waals surface area contributed by atoms with E-state index in [1.165, 1.54) is 6.33 Å². The standard InChI is InChI=1S/C15H17N3O5.HN3/c1-22-12-4-2-10(3-5-12)8-23-15(21)18-13(14(19)20)6-11-7-16-9-17-11;1-3-2/h2-5,7,9,13H,6,8H2,1H3,(H,16,17)(H,18,21)(H,19,20);1H/t13-;/m0./s1. The lowest BCUT2D eigenvalue weighted by Gasteiger charge is -2.13. The minimum Gasteiger partial charge on any atom is -0.497 e. The number of nitrogens with zero attached hydrogens (tertiary/aromatic N) is 3. The number of hydrogen-bond donors (Lipinski definition) is 4. The highest BCUT2D eigenvalue weighted by atomic mass is 16.5. The molecule has 138 valence electrons. The van der Waals surface area contributed by atoms with Crippen molar-refractivity contribution in [3.8, 4) is 5.75 Å². The number of H-pyrrole nitrogens is 1. The van der Waals surface area contributed by atoms with E-state index in [0.717, 1.165) is 5.56 Å². The second-order valence-electron chi connectivity index (χ2n) is 4.82. The Morgan fingerprint density at radius 1 is 1.42 bits per heavy atom. The largest absolute Gasteiger partial charge is 0.497 e. The third-order valence-corrected chi connectivity index (χ3v) is 3.09. The predicted octanol–water partition coefficient (Wildman–Crippen LogP) is 2.22. The van der Waals surface area contributed by atoms with E-state index in [9.17, 15) is 9.59 Å². The van der Waals surface area contributed by atoms with Gasteiger partial charge in [0.1, 0.15) is 18.4 Å². The molecule has 11 heteroatoms. The molecule has 0 unspecified atom stereocenters. The smallest absolute Gasteiger partial charge is 0.408 e. The van der Waals surface area contributed by atoms with Crippen LogP contribution in [0.1, 0.15) is 11.3 Å². The van der Waals surface area contributed by atoms with Crippen LogP contribution in [0.2, 0.25) is 0 Å². The van der Waals surface area contributed by atoms with Gasteiger partial charge >= 0.3 is 12.1 Å². The molecule has 1 aromatic carbocycles. The Hall–Kier alpha value is -3.72. The number of nitrogens with one attached hydrogen (secondary N) is 3. The van der Waals surface area contributed by atoms with Gasteiger partial charge in [-0.3, -0.25) is 0 Å². The van der Waals surface area contributed by atoms with Crippen LogP contribution in [0.4, 0.5) is 4.79 Å². The maximum atomic E-state index is 11.7. The Morgan fingerprint density at radius 3 is 2.58 bits per heavy atom. The number of carboxylic acids is 1. The maximum Gasteiger partial charge on any atom is 0.408 e. The summed E-state index contributed by atoms with van der Waals surface area (Å²) in [6.07, 6.45) is 2.27. The van der Waals surface area contributed by atoms with Gasteiger partial charge in [0.2, 0.25) is 0 Å². The molecule has 0 bridgehead atoms. The molecule has 4 N–H and O–H groups in total. The van der Waals surface area contributed by atoms with Gasteiger partial charge in [0.05, 0.1) is 19.1 Å². The van der Waals surface area contributed by atoms with Crippen LogP contribution in [0.15, 0.2) is 36.8 Å². The molecule has 0 saturated carbocycles. The minimum atomic E-state index is -1.16. The van der Waals surface area contributed by atoms with Gasteiger partial charge < -0.3 is 24.9 Å². The molecule has 0 aliphatic rings. The summed E-state index contributed by atoms with van der Waals surface area (Å²) in [4.78, 5) is 31.3. The summed E-state index contributed by atoms with van der Waals surface area (Å²) in [5.74, 6) is -0.461. The number of amides is 1. The van der Waals surface area contributed by atoms with Gasteiger partial charge in [-0.1, -0.05) is 12.1 Å². The second kappa shape index (κ2) is 10.9. The number of ether oxygens (including phenoxy) is 2. The molecule has 26 heavy (non-hydrogen) atoms. The van der Waals surface area contributed by atoms with Crippen LogP contribution in [0, 0.1) is 5.53 Å². The number of methoxy groups -OCH3 is 1. The van der Waals surface area contributed by atoms with E-state index in [4.69, 9.17) is 25.6 Å². The van der Waals surface area contributed by atoms with Crippen LogP contribution < -0.4 is 10.1 Å². The summed E-state index contributed by atoms with van der Waals surface area (Å²) in [5, 5.41) is 11.4. The van der Waals surface area contributed by atoms with Crippen molar-refractivity contribution in [2.75, 3.05) is 7.11 Å². The number of aromatic amines is 1. The first-order valence-corrected chi connectivity index (χ1v) is 7.27. The lowest BCUT2D eigenvalue weighted by molar-refractivity contribution is -0.139. The van der Waals surface area contributed by atoms with Gasteiger partial charge in [0.25, 0.3) is 0 Å². The van der Waals surface area contributed by atoms with E-state index in [1.807, 2.05) is 0 Å². The van der Waals surface area contributed by atoms with Crippen LogP contribution in [0.5, 0.6) is 5.75 Å². The summed E-state index contributed by atoms with van der Waals surface area (Å²) < 4.78 is 10.0. The van der Waals surface area contributed by atoms with Crippen molar-refractivity contribution in [3.05, 3.63) is 58.5 Å². The molecule has 0 aliphatic heterocycles. The molecule has 0 aliphatic carbocycles. The van der Waals surface area contributed by atoms with Gasteiger partial charge in [-0.05, 0) is 28.1 Å². The Bertz CT molecular complexity index is 725. The van der Waals surface area contributed by atoms with Crippen LogP contribution >= 0.6 is 0 Å². The monoisotopic (exact) mass is 362 g/mol. The quantitative estimate of drug-likeness (QED) is 0.333. The van der Waals surface area contributed by atoms with Crippen molar-refractivity contribution >= 4 is 12.1 Å². The molecule has 0 spiro atoms. The van der Waals surface area contributed by atoms with Gasteiger partial charge in [-0.15, -0.1) is 5.53 Å². The number of imidazole rings is 1. The molecular weight excluding hydrogens is 344 g/mol. The third-order valence-electron chi connectivity index (χ3n) is 3.09. The molecule has 2 aromatic rings. The molecule has 0 radical (unpaired) electrons. The van der Waals surface area contributed by atoms with Crippen molar-refractivity contribution < 1.29 is 24.2 Å². The van der Waals surface area contributed by atoms with Gasteiger partial charge in [0.15, 0.2) is 0 Å². The highest BCUT2D eigenvalue weighted by Crippen LogP contribution is 2.12. The average Bonchev–Trinajstić information content (AvgIpc) is 3.13. The molecular formula is C15H18N6O5. The van der Waals surface area contributed by atoms with Crippen molar-refractivity contribution in [2.24, 2.45) is 0 Å².